The number of hydrogen-bond donors (Lipinski definition) is 1. The van der Waals surface area contributed by atoms with Gasteiger partial charge in [0.1, 0.15) is 12.1 Å². The molecule has 1 saturated heterocycles. The smallest absolute Gasteiger partial charge is 0.325 e. The Bertz CT molecular complexity index is 1120. The second kappa shape index (κ2) is 6.97. The molecule has 2 heterocycles. The number of amides is 3. The zero-order valence-corrected chi connectivity index (χ0v) is 15.8. The molecule has 1 N–H and O–H groups in total. The van der Waals surface area contributed by atoms with Crippen molar-refractivity contribution in [1.29, 1.82) is 0 Å². The number of aromatic nitrogens is 1. The second-order valence-electron chi connectivity index (χ2n) is 6.70. The van der Waals surface area contributed by atoms with Crippen molar-refractivity contribution in [3.8, 4) is 11.3 Å². The Morgan fingerprint density at radius 3 is 2.55 bits per heavy atom. The number of nitrogens with zero attached hydrogens (tertiary/aromatic N) is 2. The summed E-state index contributed by atoms with van der Waals surface area (Å²) in [7, 11) is 0. The van der Waals surface area contributed by atoms with E-state index in [-0.39, 0.29) is 18.0 Å². The van der Waals surface area contributed by atoms with Gasteiger partial charge in [0, 0.05) is 10.6 Å². The predicted octanol–water partition coefficient (Wildman–Crippen LogP) is 4.24. The largest absolute Gasteiger partial charge is 0.439 e. The molecule has 4 rings (SSSR count). The summed E-state index contributed by atoms with van der Waals surface area (Å²) in [6.07, 6.45) is 1.48. The highest BCUT2D eigenvalue weighted by Crippen LogP contribution is 2.31. The van der Waals surface area contributed by atoms with Gasteiger partial charge in [-0.25, -0.2) is 18.6 Å². The van der Waals surface area contributed by atoms with E-state index in [0.29, 0.717) is 10.8 Å². The van der Waals surface area contributed by atoms with Gasteiger partial charge >= 0.3 is 6.03 Å². The van der Waals surface area contributed by atoms with Gasteiger partial charge in [-0.1, -0.05) is 17.7 Å². The Morgan fingerprint density at radius 1 is 1.14 bits per heavy atom. The molecule has 0 aliphatic carbocycles. The summed E-state index contributed by atoms with van der Waals surface area (Å²) >= 11 is 5.87. The van der Waals surface area contributed by atoms with Crippen molar-refractivity contribution >= 4 is 23.5 Å². The lowest BCUT2D eigenvalue weighted by atomic mass is 9.92. The maximum atomic E-state index is 13.6. The van der Waals surface area contributed by atoms with Crippen LogP contribution in [0.4, 0.5) is 13.6 Å². The highest BCUT2D eigenvalue weighted by Gasteiger charge is 2.49. The normalized spacial score (nSPS) is 19.0. The van der Waals surface area contributed by atoms with E-state index in [9.17, 15) is 18.4 Å². The summed E-state index contributed by atoms with van der Waals surface area (Å²) < 4.78 is 32.5. The highest BCUT2D eigenvalue weighted by molar-refractivity contribution is 6.30. The lowest BCUT2D eigenvalue weighted by Crippen LogP contribution is -2.41. The van der Waals surface area contributed by atoms with Crippen molar-refractivity contribution < 1.29 is 22.8 Å². The molecule has 0 radical (unpaired) electrons. The van der Waals surface area contributed by atoms with Gasteiger partial charge in [0.25, 0.3) is 5.91 Å². The number of halogens is 3. The number of oxazole rings is 1. The van der Waals surface area contributed by atoms with Crippen LogP contribution >= 0.6 is 11.6 Å². The average Bonchev–Trinajstić information content (AvgIpc) is 3.24. The summed E-state index contributed by atoms with van der Waals surface area (Å²) in [4.78, 5) is 30.3. The molecule has 0 saturated carbocycles. The van der Waals surface area contributed by atoms with Crippen LogP contribution in [-0.4, -0.2) is 21.8 Å². The topological polar surface area (TPSA) is 75.4 Å². The van der Waals surface area contributed by atoms with Crippen LogP contribution in [0.25, 0.3) is 11.3 Å². The van der Waals surface area contributed by atoms with Crippen LogP contribution in [-0.2, 0) is 16.9 Å². The third kappa shape index (κ3) is 3.36. The van der Waals surface area contributed by atoms with Crippen molar-refractivity contribution in [1.82, 2.24) is 15.2 Å². The van der Waals surface area contributed by atoms with Gasteiger partial charge in [-0.05, 0) is 48.9 Å². The molecule has 9 heteroatoms. The fraction of sp³-hybridized carbons (Fsp3) is 0.150. The molecule has 6 nitrogen and oxygen atoms in total. The number of carbonyl (C=O) groups is 2. The van der Waals surface area contributed by atoms with Gasteiger partial charge < -0.3 is 9.73 Å². The minimum Gasteiger partial charge on any atom is -0.439 e. The molecule has 1 atom stereocenters. The van der Waals surface area contributed by atoms with Gasteiger partial charge in [0.15, 0.2) is 17.4 Å². The van der Waals surface area contributed by atoms with Crippen LogP contribution in [0, 0.1) is 11.6 Å². The van der Waals surface area contributed by atoms with Crippen LogP contribution in [0.15, 0.2) is 53.1 Å². The van der Waals surface area contributed by atoms with Gasteiger partial charge in [-0.15, -0.1) is 0 Å². The summed E-state index contributed by atoms with van der Waals surface area (Å²) in [6.45, 7) is 1.21. The van der Waals surface area contributed by atoms with Crippen molar-refractivity contribution in [2.24, 2.45) is 0 Å². The van der Waals surface area contributed by atoms with E-state index in [2.05, 4.69) is 10.3 Å². The van der Waals surface area contributed by atoms with Crippen LogP contribution in [0.2, 0.25) is 5.02 Å². The van der Waals surface area contributed by atoms with Crippen LogP contribution in [0.1, 0.15) is 18.4 Å². The number of hydrogen-bond acceptors (Lipinski definition) is 4. The number of carbonyl (C=O) groups excluding carboxylic acids is 2. The SMILES string of the molecule is C[C@]1(c2ccc(F)c(F)c2)NC(=O)N(Cc2ncc(-c3ccc(Cl)cc3)o2)C1=O. The van der Waals surface area contributed by atoms with E-state index in [1.165, 1.54) is 19.2 Å². The van der Waals surface area contributed by atoms with Gasteiger partial charge in [-0.2, -0.15) is 0 Å². The van der Waals surface area contributed by atoms with Crippen molar-refractivity contribution in [2.75, 3.05) is 0 Å². The van der Waals surface area contributed by atoms with Crippen molar-refractivity contribution in [2.45, 2.75) is 19.0 Å². The molecular weight excluding hydrogens is 404 g/mol. The predicted molar refractivity (Wildman–Crippen MR) is 99.7 cm³/mol. The molecular formula is C20H14ClF2N3O3. The molecule has 1 aliphatic rings. The molecule has 0 spiro atoms. The van der Waals surface area contributed by atoms with Crippen molar-refractivity contribution in [3.63, 3.8) is 0 Å². The zero-order valence-electron chi connectivity index (χ0n) is 15.1. The average molecular weight is 418 g/mol. The Balaban J connectivity index is 1.57. The maximum absolute atomic E-state index is 13.6. The van der Waals surface area contributed by atoms with E-state index in [1.54, 1.807) is 24.3 Å². The van der Waals surface area contributed by atoms with Crippen LogP contribution in [0.5, 0.6) is 0 Å². The monoisotopic (exact) mass is 417 g/mol. The molecule has 3 aromatic rings. The van der Waals surface area contributed by atoms with E-state index in [4.69, 9.17) is 16.0 Å². The van der Waals surface area contributed by atoms with Gasteiger partial charge in [0.05, 0.1) is 6.20 Å². The van der Waals surface area contributed by atoms with E-state index >= 15 is 0 Å². The summed E-state index contributed by atoms with van der Waals surface area (Å²) in [5.41, 5.74) is -0.666. The fourth-order valence-corrected chi connectivity index (χ4v) is 3.24. The Hall–Kier alpha value is -3.26. The number of nitrogens with one attached hydrogen (secondary N) is 1. The molecule has 1 aromatic heterocycles. The Labute approximate surface area is 169 Å². The minimum absolute atomic E-state index is 0.131. The van der Waals surface area contributed by atoms with E-state index in [1.807, 2.05) is 0 Å². The highest BCUT2D eigenvalue weighted by atomic mass is 35.5. The molecule has 0 unspecified atom stereocenters. The zero-order chi connectivity index (χ0) is 20.8. The minimum atomic E-state index is -1.53. The third-order valence-electron chi connectivity index (χ3n) is 4.75. The first-order valence-corrected chi connectivity index (χ1v) is 8.96. The van der Waals surface area contributed by atoms with Gasteiger partial charge in [-0.3, -0.25) is 9.69 Å². The lowest BCUT2D eigenvalue weighted by Gasteiger charge is -2.22. The van der Waals surface area contributed by atoms with Crippen LogP contribution < -0.4 is 5.32 Å². The Morgan fingerprint density at radius 2 is 1.86 bits per heavy atom. The van der Waals surface area contributed by atoms with E-state index in [0.717, 1.165) is 22.6 Å². The quantitative estimate of drug-likeness (QED) is 0.644. The molecule has 148 valence electrons. The fourth-order valence-electron chi connectivity index (χ4n) is 3.11. The lowest BCUT2D eigenvalue weighted by molar-refractivity contribution is -0.131. The number of imide groups is 1. The molecule has 29 heavy (non-hydrogen) atoms. The molecule has 2 aromatic carbocycles. The van der Waals surface area contributed by atoms with E-state index < -0.39 is 29.1 Å². The van der Waals surface area contributed by atoms with Crippen LogP contribution in [0.3, 0.4) is 0 Å². The number of benzene rings is 2. The first-order chi connectivity index (χ1) is 13.8. The number of rotatable bonds is 4. The standard InChI is InChI=1S/C20H14ClF2N3O3/c1-20(12-4-7-14(22)15(23)8-12)18(27)26(19(28)25-20)10-17-24-9-16(29-17)11-2-5-13(21)6-3-11/h2-9H,10H2,1H3,(H,25,28)/t20-/m1/s1. The second-order valence-corrected chi connectivity index (χ2v) is 7.14. The molecule has 1 fully saturated rings. The summed E-state index contributed by atoms with van der Waals surface area (Å²) in [5, 5.41) is 3.10. The Kier molecular flexibility index (Phi) is 4.58. The first kappa shape index (κ1) is 19.1. The number of urea groups is 1. The summed E-state index contributed by atoms with van der Waals surface area (Å²) in [5.74, 6) is -2.18. The molecule has 1 aliphatic heterocycles. The third-order valence-corrected chi connectivity index (χ3v) is 5.00. The molecule has 0 bridgehead atoms. The molecule has 3 amide bonds. The van der Waals surface area contributed by atoms with Gasteiger partial charge in [0.2, 0.25) is 5.89 Å². The first-order valence-electron chi connectivity index (χ1n) is 8.58. The van der Waals surface area contributed by atoms with Crippen molar-refractivity contribution in [3.05, 3.63) is 76.8 Å². The maximum Gasteiger partial charge on any atom is 0.325 e. The summed E-state index contributed by atoms with van der Waals surface area (Å²) in [6, 6.07) is 9.26.